The first kappa shape index (κ1) is 9.23. The summed E-state index contributed by atoms with van der Waals surface area (Å²) in [4.78, 5) is 0. The van der Waals surface area contributed by atoms with Gasteiger partial charge in [0.15, 0.2) is 0 Å². The molecule has 1 unspecified atom stereocenters. The van der Waals surface area contributed by atoms with Crippen molar-refractivity contribution in [2.24, 2.45) is 5.73 Å². The second kappa shape index (κ2) is 4.24. The van der Waals surface area contributed by atoms with Crippen molar-refractivity contribution in [2.75, 3.05) is 0 Å². The second-order valence-electron chi connectivity index (χ2n) is 2.83. The predicted molar refractivity (Wildman–Crippen MR) is 49.6 cm³/mol. The first-order chi connectivity index (χ1) is 5.79. The van der Waals surface area contributed by atoms with E-state index in [1.54, 1.807) is 0 Å². The highest BCUT2D eigenvalue weighted by molar-refractivity contribution is 5.28. The monoisotopic (exact) mass is 165 g/mol. The molecule has 0 saturated heterocycles. The van der Waals surface area contributed by atoms with Crippen LogP contribution in [0.1, 0.15) is 30.6 Å². The summed E-state index contributed by atoms with van der Waals surface area (Å²) in [5.41, 5.74) is 7.53. The Morgan fingerprint density at radius 2 is 2.08 bits per heavy atom. The maximum atomic E-state index is 9.59. The minimum Gasteiger partial charge on any atom is -0.388 e. The molecular formula is C10H15NO. The summed E-state index contributed by atoms with van der Waals surface area (Å²) in [6.07, 6.45) is 0.363. The van der Waals surface area contributed by atoms with Crippen LogP contribution < -0.4 is 5.73 Å². The molecule has 1 aromatic rings. The van der Waals surface area contributed by atoms with Crippen molar-refractivity contribution >= 4 is 0 Å². The Labute approximate surface area is 73.0 Å². The lowest BCUT2D eigenvalue weighted by Gasteiger charge is -2.11. The summed E-state index contributed by atoms with van der Waals surface area (Å²) in [5, 5.41) is 9.59. The van der Waals surface area contributed by atoms with Crippen LogP contribution in [-0.2, 0) is 6.54 Å². The zero-order valence-corrected chi connectivity index (χ0v) is 7.33. The molecule has 0 aliphatic carbocycles. The van der Waals surface area contributed by atoms with E-state index >= 15 is 0 Å². The standard InChI is InChI=1S/C10H15NO/c1-2-10(12)9-6-4-3-5-8(9)7-11/h3-6,10,12H,2,7,11H2,1H3. The lowest BCUT2D eigenvalue weighted by molar-refractivity contribution is 0.172. The van der Waals surface area contributed by atoms with Crippen LogP contribution in [0, 0.1) is 0 Å². The molecule has 0 fully saturated rings. The molecular weight excluding hydrogens is 150 g/mol. The van der Waals surface area contributed by atoms with Gasteiger partial charge in [-0.1, -0.05) is 31.2 Å². The Morgan fingerprint density at radius 3 is 2.67 bits per heavy atom. The molecule has 12 heavy (non-hydrogen) atoms. The number of nitrogens with two attached hydrogens (primary N) is 1. The van der Waals surface area contributed by atoms with Crippen molar-refractivity contribution in [3.8, 4) is 0 Å². The van der Waals surface area contributed by atoms with Crippen molar-refractivity contribution in [2.45, 2.75) is 26.0 Å². The number of rotatable bonds is 3. The Kier molecular flexibility index (Phi) is 3.26. The van der Waals surface area contributed by atoms with Gasteiger partial charge in [-0.15, -0.1) is 0 Å². The van der Waals surface area contributed by atoms with E-state index in [0.717, 1.165) is 17.5 Å². The van der Waals surface area contributed by atoms with Gasteiger partial charge in [-0.3, -0.25) is 0 Å². The molecule has 1 aromatic carbocycles. The summed E-state index contributed by atoms with van der Waals surface area (Å²) in [5.74, 6) is 0. The molecule has 0 aliphatic heterocycles. The molecule has 0 radical (unpaired) electrons. The highest BCUT2D eigenvalue weighted by atomic mass is 16.3. The average Bonchev–Trinajstić information content (AvgIpc) is 2.16. The van der Waals surface area contributed by atoms with Crippen molar-refractivity contribution in [3.05, 3.63) is 35.4 Å². The molecule has 0 aromatic heterocycles. The van der Waals surface area contributed by atoms with E-state index < -0.39 is 0 Å². The number of aliphatic hydroxyl groups is 1. The Balaban J connectivity index is 2.96. The SMILES string of the molecule is CCC(O)c1ccccc1CN. The van der Waals surface area contributed by atoms with Gasteiger partial charge in [-0.2, -0.15) is 0 Å². The number of hydrogen-bond acceptors (Lipinski definition) is 2. The predicted octanol–water partition coefficient (Wildman–Crippen LogP) is 1.59. The third-order valence-corrected chi connectivity index (χ3v) is 2.02. The molecule has 1 atom stereocenters. The van der Waals surface area contributed by atoms with E-state index in [9.17, 15) is 5.11 Å². The molecule has 0 heterocycles. The summed E-state index contributed by atoms with van der Waals surface area (Å²) >= 11 is 0. The van der Waals surface area contributed by atoms with Gasteiger partial charge < -0.3 is 10.8 Å². The van der Waals surface area contributed by atoms with Crippen molar-refractivity contribution in [1.29, 1.82) is 0 Å². The smallest absolute Gasteiger partial charge is 0.0790 e. The Hall–Kier alpha value is -0.860. The van der Waals surface area contributed by atoms with Gasteiger partial charge >= 0.3 is 0 Å². The number of benzene rings is 1. The number of hydrogen-bond donors (Lipinski definition) is 2. The van der Waals surface area contributed by atoms with Gasteiger partial charge in [0.05, 0.1) is 6.10 Å². The van der Waals surface area contributed by atoms with Crippen LogP contribution in [0.25, 0.3) is 0 Å². The maximum Gasteiger partial charge on any atom is 0.0790 e. The summed E-state index contributed by atoms with van der Waals surface area (Å²) in [6, 6.07) is 7.74. The van der Waals surface area contributed by atoms with Crippen LogP contribution in [0.15, 0.2) is 24.3 Å². The van der Waals surface area contributed by atoms with Crippen LogP contribution in [0.5, 0.6) is 0 Å². The second-order valence-corrected chi connectivity index (χ2v) is 2.83. The largest absolute Gasteiger partial charge is 0.388 e. The summed E-state index contributed by atoms with van der Waals surface area (Å²) in [7, 11) is 0. The van der Waals surface area contributed by atoms with Gasteiger partial charge in [0, 0.05) is 6.54 Å². The fourth-order valence-corrected chi connectivity index (χ4v) is 1.27. The van der Waals surface area contributed by atoms with Crippen LogP contribution >= 0.6 is 0 Å². The van der Waals surface area contributed by atoms with Gasteiger partial charge in [0.2, 0.25) is 0 Å². The molecule has 1 rings (SSSR count). The lowest BCUT2D eigenvalue weighted by atomic mass is 10.0. The molecule has 0 amide bonds. The summed E-state index contributed by atoms with van der Waals surface area (Å²) < 4.78 is 0. The van der Waals surface area contributed by atoms with E-state index in [1.807, 2.05) is 31.2 Å². The zero-order chi connectivity index (χ0) is 8.97. The molecule has 0 spiro atoms. The van der Waals surface area contributed by atoms with Crippen LogP contribution in [0.3, 0.4) is 0 Å². The van der Waals surface area contributed by atoms with E-state index in [4.69, 9.17) is 5.73 Å². The molecule has 2 heteroatoms. The first-order valence-electron chi connectivity index (χ1n) is 4.25. The lowest BCUT2D eigenvalue weighted by Crippen LogP contribution is -2.05. The first-order valence-corrected chi connectivity index (χ1v) is 4.25. The van der Waals surface area contributed by atoms with E-state index in [0.29, 0.717) is 6.54 Å². The topological polar surface area (TPSA) is 46.2 Å². The fraction of sp³-hybridized carbons (Fsp3) is 0.400. The van der Waals surface area contributed by atoms with Crippen LogP contribution in [0.2, 0.25) is 0 Å². The number of aliphatic hydroxyl groups excluding tert-OH is 1. The van der Waals surface area contributed by atoms with Crippen LogP contribution in [0.4, 0.5) is 0 Å². The van der Waals surface area contributed by atoms with Gasteiger partial charge in [-0.25, -0.2) is 0 Å². The normalized spacial score (nSPS) is 12.9. The average molecular weight is 165 g/mol. The van der Waals surface area contributed by atoms with Crippen molar-refractivity contribution < 1.29 is 5.11 Å². The zero-order valence-electron chi connectivity index (χ0n) is 7.33. The molecule has 2 nitrogen and oxygen atoms in total. The van der Waals surface area contributed by atoms with Crippen molar-refractivity contribution in [3.63, 3.8) is 0 Å². The fourth-order valence-electron chi connectivity index (χ4n) is 1.27. The van der Waals surface area contributed by atoms with Gasteiger partial charge in [0.25, 0.3) is 0 Å². The quantitative estimate of drug-likeness (QED) is 0.714. The van der Waals surface area contributed by atoms with E-state index in [-0.39, 0.29) is 6.10 Å². The molecule has 0 bridgehead atoms. The summed E-state index contributed by atoms with van der Waals surface area (Å²) in [6.45, 7) is 2.45. The minimum absolute atomic E-state index is 0.371. The Bertz CT molecular complexity index is 247. The molecule has 0 aliphatic rings. The van der Waals surface area contributed by atoms with Crippen LogP contribution in [-0.4, -0.2) is 5.11 Å². The third-order valence-electron chi connectivity index (χ3n) is 2.02. The highest BCUT2D eigenvalue weighted by Crippen LogP contribution is 2.19. The molecule has 0 saturated carbocycles. The Morgan fingerprint density at radius 1 is 1.42 bits per heavy atom. The maximum absolute atomic E-state index is 9.59. The van der Waals surface area contributed by atoms with E-state index in [2.05, 4.69) is 0 Å². The third kappa shape index (κ3) is 1.84. The minimum atomic E-state index is -0.371. The van der Waals surface area contributed by atoms with Gasteiger partial charge in [0.1, 0.15) is 0 Å². The molecule has 3 N–H and O–H groups in total. The van der Waals surface area contributed by atoms with E-state index in [1.165, 1.54) is 0 Å². The molecule has 66 valence electrons. The van der Waals surface area contributed by atoms with Gasteiger partial charge in [-0.05, 0) is 17.5 Å². The van der Waals surface area contributed by atoms with Crippen molar-refractivity contribution in [1.82, 2.24) is 0 Å². The highest BCUT2D eigenvalue weighted by Gasteiger charge is 2.07.